The number of rotatable bonds is 2. The maximum atomic E-state index is 6.03. The van der Waals surface area contributed by atoms with Crippen LogP contribution in [0.4, 0.5) is 5.69 Å². The van der Waals surface area contributed by atoms with Gasteiger partial charge in [-0.3, -0.25) is 4.90 Å². The maximum absolute atomic E-state index is 6.03. The van der Waals surface area contributed by atoms with Gasteiger partial charge in [-0.25, -0.2) is 0 Å². The monoisotopic (exact) mass is 282 g/mol. The van der Waals surface area contributed by atoms with Gasteiger partial charge in [-0.2, -0.15) is 0 Å². The molecule has 0 bridgehead atoms. The van der Waals surface area contributed by atoms with Crippen molar-refractivity contribution >= 4 is 21.6 Å². The molecule has 16 heavy (non-hydrogen) atoms. The molecule has 0 aliphatic carbocycles. The molecule has 2 nitrogen and oxygen atoms in total. The molecule has 1 saturated heterocycles. The summed E-state index contributed by atoms with van der Waals surface area (Å²) in [4.78, 5) is 2.52. The average Bonchev–Trinajstić information content (AvgIpc) is 2.52. The van der Waals surface area contributed by atoms with E-state index in [4.69, 9.17) is 5.73 Å². The minimum atomic E-state index is 0.307. The summed E-state index contributed by atoms with van der Waals surface area (Å²) in [5, 5.41) is 0. The van der Waals surface area contributed by atoms with Crippen molar-refractivity contribution in [3.63, 3.8) is 0 Å². The van der Waals surface area contributed by atoms with E-state index in [2.05, 4.69) is 40.7 Å². The topological polar surface area (TPSA) is 29.3 Å². The quantitative estimate of drug-likeness (QED) is 0.843. The van der Waals surface area contributed by atoms with Crippen molar-refractivity contribution in [3.8, 4) is 0 Å². The Balaban J connectivity index is 2.21. The average molecular weight is 283 g/mol. The number of benzene rings is 1. The van der Waals surface area contributed by atoms with Gasteiger partial charge in [-0.15, -0.1) is 0 Å². The van der Waals surface area contributed by atoms with Crippen LogP contribution < -0.4 is 5.73 Å². The Kier molecular flexibility index (Phi) is 3.27. The van der Waals surface area contributed by atoms with Gasteiger partial charge in [0.25, 0.3) is 0 Å². The molecule has 1 aliphatic heterocycles. The van der Waals surface area contributed by atoms with Crippen LogP contribution in [0.1, 0.15) is 32.3 Å². The Bertz CT molecular complexity index is 367. The van der Waals surface area contributed by atoms with Gasteiger partial charge in [0.2, 0.25) is 0 Å². The third-order valence-corrected chi connectivity index (χ3v) is 4.32. The molecule has 1 aromatic rings. The largest absolute Gasteiger partial charge is 0.398 e. The molecule has 1 aliphatic rings. The first-order chi connectivity index (χ1) is 7.50. The van der Waals surface area contributed by atoms with E-state index in [0.717, 1.165) is 16.7 Å². The summed E-state index contributed by atoms with van der Waals surface area (Å²) in [6.45, 7) is 6.74. The number of likely N-dealkylation sites (tertiary alicyclic amines) is 1. The molecule has 0 aromatic heterocycles. The second kappa shape index (κ2) is 4.38. The van der Waals surface area contributed by atoms with Crippen molar-refractivity contribution in [2.24, 2.45) is 0 Å². The fraction of sp³-hybridized carbons (Fsp3) is 0.538. The summed E-state index contributed by atoms with van der Waals surface area (Å²) in [6, 6.07) is 6.02. The summed E-state index contributed by atoms with van der Waals surface area (Å²) in [7, 11) is 0. The van der Waals surface area contributed by atoms with Gasteiger partial charge in [0.15, 0.2) is 0 Å². The summed E-state index contributed by atoms with van der Waals surface area (Å²) >= 11 is 3.59. The molecule has 1 fully saturated rings. The minimum Gasteiger partial charge on any atom is -0.398 e. The second-order valence-electron chi connectivity index (χ2n) is 5.15. The molecule has 2 N–H and O–H groups in total. The first-order valence-electron chi connectivity index (χ1n) is 5.78. The molecule has 0 radical (unpaired) electrons. The normalized spacial score (nSPS) is 20.2. The number of nitrogens with two attached hydrogens (primary N) is 1. The number of anilines is 1. The predicted octanol–water partition coefficient (Wildman–Crippen LogP) is 3.41. The van der Waals surface area contributed by atoms with Crippen LogP contribution in [0.3, 0.4) is 0 Å². The van der Waals surface area contributed by atoms with E-state index >= 15 is 0 Å². The molecule has 0 spiro atoms. The second-order valence-corrected chi connectivity index (χ2v) is 6.00. The van der Waals surface area contributed by atoms with Gasteiger partial charge in [0.05, 0.1) is 0 Å². The Labute approximate surface area is 106 Å². The van der Waals surface area contributed by atoms with Crippen molar-refractivity contribution in [1.82, 2.24) is 4.90 Å². The molecule has 3 heteroatoms. The SMILES string of the molecule is CC1(C)CCCN1Cc1c(N)cccc1Br. The smallest absolute Gasteiger partial charge is 0.0371 e. The maximum Gasteiger partial charge on any atom is 0.0371 e. The van der Waals surface area contributed by atoms with Crippen LogP contribution in [-0.2, 0) is 6.54 Å². The summed E-state index contributed by atoms with van der Waals surface area (Å²) in [5.74, 6) is 0. The molecule has 0 atom stereocenters. The summed E-state index contributed by atoms with van der Waals surface area (Å²) < 4.78 is 1.12. The molecular formula is C13H19BrN2. The molecule has 2 rings (SSSR count). The Morgan fingerprint density at radius 1 is 1.44 bits per heavy atom. The zero-order valence-corrected chi connectivity index (χ0v) is 11.5. The van der Waals surface area contributed by atoms with Gasteiger partial charge in [-0.1, -0.05) is 22.0 Å². The van der Waals surface area contributed by atoms with E-state index in [-0.39, 0.29) is 0 Å². The van der Waals surface area contributed by atoms with Crippen molar-refractivity contribution < 1.29 is 0 Å². The fourth-order valence-corrected chi connectivity index (χ4v) is 2.90. The van der Waals surface area contributed by atoms with Crippen LogP contribution in [0.25, 0.3) is 0 Å². The fourth-order valence-electron chi connectivity index (χ4n) is 2.39. The summed E-state index contributed by atoms with van der Waals surface area (Å²) in [6.07, 6.45) is 2.56. The molecule has 0 saturated carbocycles. The molecule has 88 valence electrons. The Hall–Kier alpha value is -0.540. The number of hydrogen-bond acceptors (Lipinski definition) is 2. The van der Waals surface area contributed by atoms with Crippen molar-refractivity contribution in [3.05, 3.63) is 28.2 Å². The lowest BCUT2D eigenvalue weighted by Crippen LogP contribution is -2.37. The van der Waals surface area contributed by atoms with E-state index in [0.29, 0.717) is 5.54 Å². The van der Waals surface area contributed by atoms with E-state index in [1.54, 1.807) is 0 Å². The standard InChI is InChI=1S/C13H19BrN2/c1-13(2)7-4-8-16(13)9-10-11(14)5-3-6-12(10)15/h3,5-6H,4,7-9,15H2,1-2H3. The summed E-state index contributed by atoms with van der Waals surface area (Å²) in [5.41, 5.74) is 8.44. The molecular weight excluding hydrogens is 264 g/mol. The van der Waals surface area contributed by atoms with Crippen LogP contribution in [0.15, 0.2) is 22.7 Å². The first-order valence-corrected chi connectivity index (χ1v) is 6.58. The van der Waals surface area contributed by atoms with Crippen LogP contribution in [-0.4, -0.2) is 17.0 Å². The highest BCUT2D eigenvalue weighted by Crippen LogP contribution is 2.32. The highest BCUT2D eigenvalue weighted by molar-refractivity contribution is 9.10. The Morgan fingerprint density at radius 3 is 2.75 bits per heavy atom. The van der Waals surface area contributed by atoms with Crippen LogP contribution >= 0.6 is 15.9 Å². The van der Waals surface area contributed by atoms with E-state index in [1.165, 1.54) is 24.9 Å². The van der Waals surface area contributed by atoms with Gasteiger partial charge < -0.3 is 5.73 Å². The third kappa shape index (κ3) is 2.25. The van der Waals surface area contributed by atoms with E-state index in [1.807, 2.05) is 12.1 Å². The molecule has 0 amide bonds. The highest BCUT2D eigenvalue weighted by atomic mass is 79.9. The lowest BCUT2D eigenvalue weighted by atomic mass is 10.0. The van der Waals surface area contributed by atoms with Crippen molar-refractivity contribution in [1.29, 1.82) is 0 Å². The number of hydrogen-bond donors (Lipinski definition) is 1. The predicted molar refractivity (Wildman–Crippen MR) is 72.3 cm³/mol. The Morgan fingerprint density at radius 2 is 2.19 bits per heavy atom. The van der Waals surface area contributed by atoms with Gasteiger partial charge in [0, 0.05) is 27.8 Å². The molecule has 0 unspecified atom stereocenters. The zero-order chi connectivity index (χ0) is 11.8. The lowest BCUT2D eigenvalue weighted by molar-refractivity contribution is 0.166. The van der Waals surface area contributed by atoms with E-state index < -0.39 is 0 Å². The van der Waals surface area contributed by atoms with Crippen molar-refractivity contribution in [2.45, 2.75) is 38.8 Å². The highest BCUT2D eigenvalue weighted by Gasteiger charge is 2.32. The van der Waals surface area contributed by atoms with Crippen molar-refractivity contribution in [2.75, 3.05) is 12.3 Å². The minimum absolute atomic E-state index is 0.307. The van der Waals surface area contributed by atoms with Crippen LogP contribution in [0.5, 0.6) is 0 Å². The number of nitrogen functional groups attached to an aromatic ring is 1. The zero-order valence-electron chi connectivity index (χ0n) is 9.96. The van der Waals surface area contributed by atoms with Gasteiger partial charge in [0.1, 0.15) is 0 Å². The lowest BCUT2D eigenvalue weighted by Gasteiger charge is -2.32. The van der Waals surface area contributed by atoms with Gasteiger partial charge >= 0.3 is 0 Å². The number of halogens is 1. The van der Waals surface area contributed by atoms with Gasteiger partial charge in [-0.05, 0) is 45.4 Å². The molecule has 1 aromatic carbocycles. The first kappa shape index (κ1) is 11.9. The van der Waals surface area contributed by atoms with Crippen LogP contribution in [0.2, 0.25) is 0 Å². The molecule has 1 heterocycles. The third-order valence-electron chi connectivity index (χ3n) is 3.58. The number of nitrogens with zero attached hydrogens (tertiary/aromatic N) is 1. The van der Waals surface area contributed by atoms with E-state index in [9.17, 15) is 0 Å². The van der Waals surface area contributed by atoms with Crippen LogP contribution in [0, 0.1) is 0 Å².